The molecule has 0 fully saturated rings. The highest BCUT2D eigenvalue weighted by atomic mass is 32.2. The molecule has 0 bridgehead atoms. The summed E-state index contributed by atoms with van der Waals surface area (Å²) in [7, 11) is -2.41. The quantitative estimate of drug-likeness (QED) is 0.563. The number of hydrogen-bond donors (Lipinski definition) is 1. The fourth-order valence-corrected chi connectivity index (χ4v) is 3.67. The third-order valence-electron chi connectivity index (χ3n) is 4.00. The van der Waals surface area contributed by atoms with E-state index in [9.17, 15) is 13.2 Å². The summed E-state index contributed by atoms with van der Waals surface area (Å²) in [5.41, 5.74) is 0.846. The average Bonchev–Trinajstić information content (AvgIpc) is 3.21. The van der Waals surface area contributed by atoms with E-state index in [4.69, 9.17) is 13.9 Å². The lowest BCUT2D eigenvalue weighted by atomic mass is 10.2. The van der Waals surface area contributed by atoms with Gasteiger partial charge in [-0.05, 0) is 31.2 Å². The number of ether oxygens (including phenoxy) is 2. The lowest BCUT2D eigenvalue weighted by Gasteiger charge is -2.13. The van der Waals surface area contributed by atoms with Crippen LogP contribution in [0, 0.1) is 0 Å². The lowest BCUT2D eigenvalue weighted by Crippen LogP contribution is -2.39. The van der Waals surface area contributed by atoms with Crippen LogP contribution < -0.4 is 9.46 Å². The summed E-state index contributed by atoms with van der Waals surface area (Å²) in [4.78, 5) is 16.2. The molecule has 0 aliphatic heterocycles. The van der Waals surface area contributed by atoms with Gasteiger partial charge < -0.3 is 13.9 Å². The second-order valence-electron chi connectivity index (χ2n) is 6.11. The number of sulfonamides is 1. The van der Waals surface area contributed by atoms with Crippen LogP contribution in [-0.2, 0) is 26.2 Å². The zero-order valence-corrected chi connectivity index (χ0v) is 16.7. The number of rotatable bonds is 8. The normalized spacial score (nSPS) is 12.3. The topological polar surface area (TPSA) is 108 Å². The molecule has 3 rings (SSSR count). The van der Waals surface area contributed by atoms with Crippen LogP contribution in [0.4, 0.5) is 0 Å². The second kappa shape index (κ2) is 8.89. The van der Waals surface area contributed by atoms with E-state index in [0.29, 0.717) is 11.5 Å². The summed E-state index contributed by atoms with van der Waals surface area (Å²) in [5.74, 6) is 0.533. The Bertz CT molecular complexity index is 1060. The molecule has 0 amide bonds. The number of aromatic nitrogens is 1. The Labute approximate surface area is 168 Å². The van der Waals surface area contributed by atoms with E-state index in [2.05, 4.69) is 9.71 Å². The minimum Gasteiger partial charge on any atom is -0.497 e. The Morgan fingerprint density at radius 2 is 1.83 bits per heavy atom. The minimum absolute atomic E-state index is 0.0122. The van der Waals surface area contributed by atoms with Crippen molar-refractivity contribution < 1.29 is 27.1 Å². The van der Waals surface area contributed by atoms with Gasteiger partial charge in [-0.25, -0.2) is 13.4 Å². The smallest absolute Gasteiger partial charge is 0.324 e. The van der Waals surface area contributed by atoms with Crippen LogP contribution >= 0.6 is 0 Å². The van der Waals surface area contributed by atoms with Crippen molar-refractivity contribution in [3.05, 3.63) is 66.7 Å². The molecule has 0 radical (unpaired) electrons. The number of esters is 1. The highest BCUT2D eigenvalue weighted by molar-refractivity contribution is 7.89. The molecular weight excluding hydrogens is 396 g/mol. The molecule has 152 valence electrons. The molecule has 8 nitrogen and oxygen atoms in total. The van der Waals surface area contributed by atoms with Gasteiger partial charge in [-0.2, -0.15) is 4.72 Å². The number of carbonyl (C=O) groups excluding carboxylic acids is 1. The van der Waals surface area contributed by atoms with Gasteiger partial charge in [0, 0.05) is 5.56 Å². The van der Waals surface area contributed by atoms with Crippen molar-refractivity contribution >= 4 is 16.0 Å². The standard InChI is InChI=1S/C20H20N2O6S/c1-14(22-29(24,25)17-10-8-16(26-2)9-11-17)20(23)27-13-19-21-12-18(28-19)15-6-4-3-5-7-15/h3-12,14,22H,13H2,1-2H3/t14-/m0/s1. The van der Waals surface area contributed by atoms with Crippen LogP contribution in [-0.4, -0.2) is 32.5 Å². The lowest BCUT2D eigenvalue weighted by molar-refractivity contribution is -0.147. The summed E-state index contributed by atoms with van der Waals surface area (Å²) in [6.07, 6.45) is 1.54. The number of methoxy groups -OCH3 is 1. The monoisotopic (exact) mass is 416 g/mol. The summed E-state index contributed by atoms with van der Waals surface area (Å²) in [6, 6.07) is 14.1. The fraction of sp³-hybridized carbons (Fsp3) is 0.200. The third kappa shape index (κ3) is 5.21. The van der Waals surface area contributed by atoms with Crippen LogP contribution in [0.1, 0.15) is 12.8 Å². The van der Waals surface area contributed by atoms with Gasteiger partial charge in [0.25, 0.3) is 0 Å². The SMILES string of the molecule is COc1ccc(S(=O)(=O)N[C@@H](C)C(=O)OCc2ncc(-c3ccccc3)o2)cc1. The molecule has 0 saturated carbocycles. The molecular formula is C20H20N2O6S. The molecule has 3 aromatic rings. The molecule has 29 heavy (non-hydrogen) atoms. The van der Waals surface area contributed by atoms with Gasteiger partial charge in [0.05, 0.1) is 18.2 Å². The fourth-order valence-electron chi connectivity index (χ4n) is 2.47. The molecule has 0 aliphatic carbocycles. The maximum absolute atomic E-state index is 12.4. The maximum atomic E-state index is 12.4. The maximum Gasteiger partial charge on any atom is 0.324 e. The third-order valence-corrected chi connectivity index (χ3v) is 5.56. The van der Waals surface area contributed by atoms with E-state index in [1.807, 2.05) is 30.3 Å². The highest BCUT2D eigenvalue weighted by Gasteiger charge is 2.23. The van der Waals surface area contributed by atoms with Crippen molar-refractivity contribution in [2.24, 2.45) is 0 Å². The minimum atomic E-state index is -3.89. The summed E-state index contributed by atoms with van der Waals surface area (Å²) < 4.78 is 42.7. The molecule has 1 atom stereocenters. The number of hydrogen-bond acceptors (Lipinski definition) is 7. The first-order valence-electron chi connectivity index (χ1n) is 8.72. The first kappa shape index (κ1) is 20.6. The molecule has 1 aromatic heterocycles. The number of oxazole rings is 1. The van der Waals surface area contributed by atoms with Crippen molar-refractivity contribution in [3.8, 4) is 17.1 Å². The summed E-state index contributed by atoms with van der Waals surface area (Å²) in [5, 5.41) is 0. The number of benzene rings is 2. The zero-order valence-electron chi connectivity index (χ0n) is 15.9. The first-order chi connectivity index (χ1) is 13.9. The second-order valence-corrected chi connectivity index (χ2v) is 7.82. The van der Waals surface area contributed by atoms with Crippen molar-refractivity contribution in [2.45, 2.75) is 24.5 Å². The predicted octanol–water partition coefficient (Wildman–Crippen LogP) is 2.76. The largest absolute Gasteiger partial charge is 0.497 e. The van der Waals surface area contributed by atoms with Gasteiger partial charge in [-0.15, -0.1) is 0 Å². The van der Waals surface area contributed by atoms with Gasteiger partial charge >= 0.3 is 5.97 Å². The van der Waals surface area contributed by atoms with Crippen molar-refractivity contribution in [1.29, 1.82) is 0 Å². The Morgan fingerprint density at radius 3 is 2.48 bits per heavy atom. The van der Waals surface area contributed by atoms with Crippen LogP contribution in [0.5, 0.6) is 5.75 Å². The Hall–Kier alpha value is -3.17. The molecule has 0 unspecified atom stereocenters. The van der Waals surface area contributed by atoms with Crippen LogP contribution in [0.2, 0.25) is 0 Å². The first-order valence-corrected chi connectivity index (χ1v) is 10.2. The Balaban J connectivity index is 1.57. The number of nitrogens with one attached hydrogen (secondary N) is 1. The summed E-state index contributed by atoms with van der Waals surface area (Å²) in [6.45, 7) is 1.19. The van der Waals surface area contributed by atoms with E-state index < -0.39 is 22.0 Å². The molecule has 0 saturated heterocycles. The molecule has 9 heteroatoms. The van der Waals surface area contributed by atoms with E-state index >= 15 is 0 Å². The number of carbonyl (C=O) groups is 1. The van der Waals surface area contributed by atoms with Gasteiger partial charge in [0.2, 0.25) is 15.9 Å². The Kier molecular flexibility index (Phi) is 6.30. The van der Waals surface area contributed by atoms with E-state index in [1.165, 1.54) is 44.5 Å². The van der Waals surface area contributed by atoms with Gasteiger partial charge in [0.1, 0.15) is 11.8 Å². The van der Waals surface area contributed by atoms with Crippen LogP contribution in [0.3, 0.4) is 0 Å². The highest BCUT2D eigenvalue weighted by Crippen LogP contribution is 2.20. The molecule has 2 aromatic carbocycles. The van der Waals surface area contributed by atoms with Crippen LogP contribution in [0.25, 0.3) is 11.3 Å². The molecule has 0 aliphatic rings. The van der Waals surface area contributed by atoms with Crippen molar-refractivity contribution in [1.82, 2.24) is 9.71 Å². The zero-order chi connectivity index (χ0) is 20.9. The predicted molar refractivity (Wildman–Crippen MR) is 105 cm³/mol. The van der Waals surface area contributed by atoms with Gasteiger partial charge in [-0.1, -0.05) is 30.3 Å². The van der Waals surface area contributed by atoms with Crippen molar-refractivity contribution in [2.75, 3.05) is 7.11 Å². The van der Waals surface area contributed by atoms with Crippen molar-refractivity contribution in [3.63, 3.8) is 0 Å². The molecule has 1 N–H and O–H groups in total. The molecule has 1 heterocycles. The van der Waals surface area contributed by atoms with E-state index in [0.717, 1.165) is 5.56 Å². The van der Waals surface area contributed by atoms with E-state index in [-0.39, 0.29) is 17.4 Å². The Morgan fingerprint density at radius 1 is 1.14 bits per heavy atom. The van der Waals surface area contributed by atoms with Gasteiger partial charge in [0.15, 0.2) is 12.4 Å². The molecule has 0 spiro atoms. The number of nitrogens with zero attached hydrogens (tertiary/aromatic N) is 1. The average molecular weight is 416 g/mol. The summed E-state index contributed by atoms with van der Waals surface area (Å²) >= 11 is 0. The van der Waals surface area contributed by atoms with E-state index in [1.54, 1.807) is 0 Å². The van der Waals surface area contributed by atoms with Gasteiger partial charge in [-0.3, -0.25) is 4.79 Å². The van der Waals surface area contributed by atoms with Crippen LogP contribution in [0.15, 0.2) is 70.1 Å².